The number of carbonyl (C=O) groups is 2. The SMILES string of the molecule is CC(C)(C)CCCC[C@H](NC(=O)O)[C@@H](O)C(=O)NCc1cccnc1. The average molecular weight is 351 g/mol. The number of unbranched alkanes of at least 4 members (excludes halogenated alkanes) is 1. The van der Waals surface area contributed by atoms with E-state index in [4.69, 9.17) is 5.11 Å². The third kappa shape index (κ3) is 9.05. The van der Waals surface area contributed by atoms with E-state index >= 15 is 0 Å². The maximum Gasteiger partial charge on any atom is 0.404 e. The number of rotatable bonds is 9. The molecule has 0 aliphatic rings. The maximum absolute atomic E-state index is 12.1. The van der Waals surface area contributed by atoms with Crippen LogP contribution in [-0.4, -0.2) is 39.3 Å². The quantitative estimate of drug-likeness (QED) is 0.510. The molecule has 0 fully saturated rings. The van der Waals surface area contributed by atoms with Crippen molar-refractivity contribution < 1.29 is 19.8 Å². The van der Waals surface area contributed by atoms with E-state index in [9.17, 15) is 14.7 Å². The second-order valence-corrected chi connectivity index (χ2v) is 7.39. The van der Waals surface area contributed by atoms with Crippen molar-refractivity contribution in [1.82, 2.24) is 15.6 Å². The van der Waals surface area contributed by atoms with Crippen LogP contribution in [0.2, 0.25) is 0 Å². The van der Waals surface area contributed by atoms with Gasteiger partial charge in [0.1, 0.15) is 0 Å². The molecule has 25 heavy (non-hydrogen) atoms. The Kier molecular flexibility index (Phi) is 8.34. The summed E-state index contributed by atoms with van der Waals surface area (Å²) in [6, 6.07) is 2.73. The summed E-state index contributed by atoms with van der Waals surface area (Å²) in [7, 11) is 0. The van der Waals surface area contributed by atoms with Gasteiger partial charge in [0.15, 0.2) is 6.10 Å². The molecular weight excluding hydrogens is 322 g/mol. The fourth-order valence-corrected chi connectivity index (χ4v) is 2.47. The standard InChI is InChI=1S/C18H29N3O4/c1-18(2,3)9-5-4-8-14(21-17(24)25)15(22)16(23)20-12-13-7-6-10-19-11-13/h6-7,10-11,14-15,21-22H,4-5,8-9,12H2,1-3H3,(H,20,23)(H,24,25)/t14-,15+/m0/s1. The number of pyridine rings is 1. The number of aliphatic hydroxyl groups excluding tert-OH is 1. The maximum atomic E-state index is 12.1. The first-order valence-corrected chi connectivity index (χ1v) is 8.53. The van der Waals surface area contributed by atoms with Crippen molar-refractivity contribution in [1.29, 1.82) is 0 Å². The summed E-state index contributed by atoms with van der Waals surface area (Å²) in [6.45, 7) is 6.65. The molecule has 0 unspecified atom stereocenters. The van der Waals surface area contributed by atoms with E-state index in [-0.39, 0.29) is 12.0 Å². The number of nitrogens with one attached hydrogen (secondary N) is 2. The molecule has 7 nitrogen and oxygen atoms in total. The van der Waals surface area contributed by atoms with Crippen molar-refractivity contribution in [2.24, 2.45) is 5.41 Å². The first-order valence-electron chi connectivity index (χ1n) is 8.53. The molecule has 140 valence electrons. The largest absolute Gasteiger partial charge is 0.465 e. The molecule has 1 heterocycles. The van der Waals surface area contributed by atoms with Gasteiger partial charge >= 0.3 is 6.09 Å². The van der Waals surface area contributed by atoms with E-state index in [1.54, 1.807) is 24.5 Å². The first kappa shape index (κ1) is 20.9. The van der Waals surface area contributed by atoms with Crippen LogP contribution < -0.4 is 10.6 Å². The summed E-state index contributed by atoms with van der Waals surface area (Å²) >= 11 is 0. The average Bonchev–Trinajstić information content (AvgIpc) is 2.54. The Bertz CT molecular complexity index is 543. The van der Waals surface area contributed by atoms with Gasteiger partial charge in [-0.3, -0.25) is 9.78 Å². The topological polar surface area (TPSA) is 112 Å². The molecule has 0 saturated heterocycles. The van der Waals surface area contributed by atoms with Crippen molar-refractivity contribution >= 4 is 12.0 Å². The normalized spacial score (nSPS) is 13.8. The summed E-state index contributed by atoms with van der Waals surface area (Å²) in [5.74, 6) is -0.599. The number of aliphatic hydroxyl groups is 1. The van der Waals surface area contributed by atoms with Crippen molar-refractivity contribution in [3.63, 3.8) is 0 Å². The van der Waals surface area contributed by atoms with Crippen LogP contribution in [0, 0.1) is 5.41 Å². The number of hydrogen-bond acceptors (Lipinski definition) is 4. The van der Waals surface area contributed by atoms with Crippen molar-refractivity contribution in [2.75, 3.05) is 0 Å². The van der Waals surface area contributed by atoms with Gasteiger partial charge in [-0.1, -0.05) is 39.7 Å². The van der Waals surface area contributed by atoms with Gasteiger partial charge < -0.3 is 20.8 Å². The van der Waals surface area contributed by atoms with Gasteiger partial charge in [-0.2, -0.15) is 0 Å². The zero-order chi connectivity index (χ0) is 18.9. The van der Waals surface area contributed by atoms with Crippen LogP contribution in [-0.2, 0) is 11.3 Å². The Hall–Kier alpha value is -2.15. The van der Waals surface area contributed by atoms with Gasteiger partial charge in [0.25, 0.3) is 5.91 Å². The molecule has 1 aromatic rings. The summed E-state index contributed by atoms with van der Waals surface area (Å²) in [5, 5.41) is 24.0. The molecular formula is C18H29N3O4. The lowest BCUT2D eigenvalue weighted by atomic mass is 9.89. The van der Waals surface area contributed by atoms with Crippen LogP contribution in [0.3, 0.4) is 0 Å². The Balaban J connectivity index is 2.51. The van der Waals surface area contributed by atoms with Gasteiger partial charge in [-0.15, -0.1) is 0 Å². The van der Waals surface area contributed by atoms with Crippen LogP contribution in [0.5, 0.6) is 0 Å². The van der Waals surface area contributed by atoms with E-state index in [1.807, 2.05) is 0 Å². The Morgan fingerprint density at radius 3 is 2.56 bits per heavy atom. The molecule has 0 spiro atoms. The van der Waals surface area contributed by atoms with Crippen LogP contribution >= 0.6 is 0 Å². The first-order chi connectivity index (χ1) is 11.7. The molecule has 2 amide bonds. The number of hydrogen-bond donors (Lipinski definition) is 4. The smallest absolute Gasteiger partial charge is 0.404 e. The highest BCUT2D eigenvalue weighted by Crippen LogP contribution is 2.22. The lowest BCUT2D eigenvalue weighted by Gasteiger charge is -2.23. The molecule has 0 bridgehead atoms. The third-order valence-corrected chi connectivity index (χ3v) is 3.84. The fourth-order valence-electron chi connectivity index (χ4n) is 2.47. The molecule has 0 saturated carbocycles. The second-order valence-electron chi connectivity index (χ2n) is 7.39. The molecule has 1 aromatic heterocycles. The van der Waals surface area contributed by atoms with E-state index in [2.05, 4.69) is 36.4 Å². The highest BCUT2D eigenvalue weighted by molar-refractivity contribution is 5.82. The van der Waals surface area contributed by atoms with Gasteiger partial charge in [-0.05, 0) is 29.9 Å². The predicted molar refractivity (Wildman–Crippen MR) is 95.0 cm³/mol. The van der Waals surface area contributed by atoms with Crippen molar-refractivity contribution in [3.05, 3.63) is 30.1 Å². The molecule has 0 aromatic carbocycles. The second kappa shape index (κ2) is 9.98. The summed E-state index contributed by atoms with van der Waals surface area (Å²) in [6.07, 6.45) is 3.61. The summed E-state index contributed by atoms with van der Waals surface area (Å²) in [4.78, 5) is 27.0. The van der Waals surface area contributed by atoms with E-state index < -0.39 is 24.1 Å². The molecule has 0 aliphatic heterocycles. The van der Waals surface area contributed by atoms with Gasteiger partial charge in [-0.25, -0.2) is 4.79 Å². The van der Waals surface area contributed by atoms with Crippen LogP contribution in [0.15, 0.2) is 24.5 Å². The zero-order valence-electron chi connectivity index (χ0n) is 15.2. The van der Waals surface area contributed by atoms with Gasteiger partial charge in [0.05, 0.1) is 6.04 Å². The minimum atomic E-state index is -1.43. The highest BCUT2D eigenvalue weighted by Gasteiger charge is 2.27. The molecule has 0 aliphatic carbocycles. The zero-order valence-corrected chi connectivity index (χ0v) is 15.2. The number of aromatic nitrogens is 1. The molecule has 1 rings (SSSR count). The number of carboxylic acid groups (broad SMARTS) is 1. The molecule has 7 heteroatoms. The molecule has 4 N–H and O–H groups in total. The molecule has 2 atom stereocenters. The monoisotopic (exact) mass is 351 g/mol. The van der Waals surface area contributed by atoms with Crippen LogP contribution in [0.4, 0.5) is 4.79 Å². The summed E-state index contributed by atoms with van der Waals surface area (Å²) in [5.41, 5.74) is 1.01. The number of nitrogens with zero attached hydrogens (tertiary/aromatic N) is 1. The lowest BCUT2D eigenvalue weighted by molar-refractivity contribution is -0.130. The van der Waals surface area contributed by atoms with Crippen molar-refractivity contribution in [3.8, 4) is 0 Å². The van der Waals surface area contributed by atoms with E-state index in [1.165, 1.54) is 0 Å². The summed E-state index contributed by atoms with van der Waals surface area (Å²) < 4.78 is 0. The van der Waals surface area contributed by atoms with Crippen molar-refractivity contribution in [2.45, 2.75) is 65.1 Å². The number of amides is 2. The Labute approximate surface area is 148 Å². The van der Waals surface area contributed by atoms with Gasteiger partial charge in [0, 0.05) is 18.9 Å². The Morgan fingerprint density at radius 1 is 1.28 bits per heavy atom. The van der Waals surface area contributed by atoms with E-state index in [0.29, 0.717) is 6.42 Å². The lowest BCUT2D eigenvalue weighted by Crippen LogP contribution is -2.50. The minimum Gasteiger partial charge on any atom is -0.465 e. The highest BCUT2D eigenvalue weighted by atomic mass is 16.4. The predicted octanol–water partition coefficient (Wildman–Crippen LogP) is 2.30. The fraction of sp³-hybridized carbons (Fsp3) is 0.611. The van der Waals surface area contributed by atoms with Crippen LogP contribution in [0.25, 0.3) is 0 Å². The third-order valence-electron chi connectivity index (χ3n) is 3.84. The number of carbonyl (C=O) groups excluding carboxylic acids is 1. The van der Waals surface area contributed by atoms with Crippen LogP contribution in [0.1, 0.15) is 52.0 Å². The molecule has 0 radical (unpaired) electrons. The Morgan fingerprint density at radius 2 is 2.00 bits per heavy atom. The van der Waals surface area contributed by atoms with E-state index in [0.717, 1.165) is 24.8 Å². The van der Waals surface area contributed by atoms with Gasteiger partial charge in [0.2, 0.25) is 0 Å². The minimum absolute atomic E-state index is 0.204.